The first-order valence-electron chi connectivity index (χ1n) is 7.02. The molecule has 1 N–H and O–H groups in total. The topological polar surface area (TPSA) is 28.2 Å². The predicted molar refractivity (Wildman–Crippen MR) is 79.0 cm³/mol. The zero-order valence-electron chi connectivity index (χ0n) is 12.8. The molecule has 0 aliphatic heterocycles. The minimum Gasteiger partial charge on any atom is -0.354 e. The lowest BCUT2D eigenvalue weighted by atomic mass is 10.1. The second-order valence-corrected chi connectivity index (χ2v) is 5.79. The normalized spacial score (nSPS) is 11.7. The SMILES string of the molecule is CCCN(CC)c1nccc(CNC(C)(C)C)c1F. The van der Waals surface area contributed by atoms with E-state index in [4.69, 9.17) is 0 Å². The van der Waals surface area contributed by atoms with Crippen LogP contribution in [-0.2, 0) is 6.54 Å². The van der Waals surface area contributed by atoms with Gasteiger partial charge in [-0.05, 0) is 40.2 Å². The zero-order valence-corrected chi connectivity index (χ0v) is 12.8. The quantitative estimate of drug-likeness (QED) is 0.856. The van der Waals surface area contributed by atoms with E-state index in [1.807, 2.05) is 11.8 Å². The van der Waals surface area contributed by atoms with Crippen molar-refractivity contribution < 1.29 is 4.39 Å². The van der Waals surface area contributed by atoms with Gasteiger partial charge in [0.05, 0.1) is 0 Å². The second-order valence-electron chi connectivity index (χ2n) is 5.79. The van der Waals surface area contributed by atoms with Gasteiger partial charge in [-0.25, -0.2) is 9.37 Å². The molecule has 0 bridgehead atoms. The fourth-order valence-electron chi connectivity index (χ4n) is 1.87. The maximum absolute atomic E-state index is 14.5. The van der Waals surface area contributed by atoms with Gasteiger partial charge < -0.3 is 10.2 Å². The molecule has 0 unspecified atom stereocenters. The highest BCUT2D eigenvalue weighted by atomic mass is 19.1. The van der Waals surface area contributed by atoms with Crippen LogP contribution in [0.25, 0.3) is 0 Å². The smallest absolute Gasteiger partial charge is 0.170 e. The lowest BCUT2D eigenvalue weighted by Crippen LogP contribution is -2.35. The van der Waals surface area contributed by atoms with Gasteiger partial charge in [-0.3, -0.25) is 0 Å². The largest absolute Gasteiger partial charge is 0.354 e. The van der Waals surface area contributed by atoms with Crippen LogP contribution >= 0.6 is 0 Å². The summed E-state index contributed by atoms with van der Waals surface area (Å²) in [4.78, 5) is 6.18. The standard InChI is InChI=1S/C15H26FN3/c1-6-10-19(7-2)14-13(16)12(8-9-17-14)11-18-15(3,4)5/h8-9,18H,6-7,10-11H2,1-5H3. The molecular weight excluding hydrogens is 241 g/mol. The number of aromatic nitrogens is 1. The molecule has 1 aromatic heterocycles. The average molecular weight is 267 g/mol. The Morgan fingerprint density at radius 3 is 2.53 bits per heavy atom. The molecule has 108 valence electrons. The van der Waals surface area contributed by atoms with Crippen molar-refractivity contribution in [3.63, 3.8) is 0 Å². The van der Waals surface area contributed by atoms with E-state index in [0.29, 0.717) is 17.9 Å². The van der Waals surface area contributed by atoms with Crippen molar-refractivity contribution in [1.82, 2.24) is 10.3 Å². The van der Waals surface area contributed by atoms with Gasteiger partial charge in [0, 0.05) is 36.9 Å². The number of hydrogen-bond donors (Lipinski definition) is 1. The predicted octanol–water partition coefficient (Wildman–Crippen LogP) is 3.35. The van der Waals surface area contributed by atoms with E-state index >= 15 is 0 Å². The van der Waals surface area contributed by atoms with Crippen molar-refractivity contribution in [2.45, 2.75) is 53.1 Å². The third-order valence-corrected chi connectivity index (χ3v) is 2.93. The molecule has 0 fully saturated rings. The first kappa shape index (κ1) is 15.9. The highest BCUT2D eigenvalue weighted by Crippen LogP contribution is 2.20. The molecule has 4 heteroatoms. The molecule has 0 aliphatic carbocycles. The summed E-state index contributed by atoms with van der Waals surface area (Å²) in [5, 5.41) is 3.31. The molecule has 0 atom stereocenters. The Morgan fingerprint density at radius 1 is 1.32 bits per heavy atom. The number of nitrogens with zero attached hydrogens (tertiary/aromatic N) is 2. The van der Waals surface area contributed by atoms with Crippen LogP contribution in [0, 0.1) is 5.82 Å². The van der Waals surface area contributed by atoms with Gasteiger partial charge in [0.15, 0.2) is 11.6 Å². The van der Waals surface area contributed by atoms with Crippen molar-refractivity contribution in [3.8, 4) is 0 Å². The Bertz CT molecular complexity index is 399. The van der Waals surface area contributed by atoms with Crippen LogP contribution in [0.3, 0.4) is 0 Å². The Balaban J connectivity index is 2.91. The molecule has 0 aliphatic rings. The number of halogens is 1. The summed E-state index contributed by atoms with van der Waals surface area (Å²) in [5.41, 5.74) is 0.651. The van der Waals surface area contributed by atoms with Crippen LogP contribution in [0.4, 0.5) is 10.2 Å². The number of pyridine rings is 1. The summed E-state index contributed by atoms with van der Waals surface area (Å²) in [5.74, 6) is 0.270. The van der Waals surface area contributed by atoms with E-state index < -0.39 is 0 Å². The van der Waals surface area contributed by atoms with E-state index in [0.717, 1.165) is 19.5 Å². The summed E-state index contributed by atoms with van der Waals surface area (Å²) >= 11 is 0. The first-order chi connectivity index (χ1) is 8.89. The monoisotopic (exact) mass is 267 g/mol. The third-order valence-electron chi connectivity index (χ3n) is 2.93. The molecule has 1 aromatic rings. The van der Waals surface area contributed by atoms with Gasteiger partial charge in [0.25, 0.3) is 0 Å². The van der Waals surface area contributed by atoms with E-state index in [1.54, 1.807) is 12.3 Å². The summed E-state index contributed by atoms with van der Waals surface area (Å²) < 4.78 is 14.5. The van der Waals surface area contributed by atoms with Gasteiger partial charge in [-0.2, -0.15) is 0 Å². The fraction of sp³-hybridized carbons (Fsp3) is 0.667. The highest BCUT2D eigenvalue weighted by molar-refractivity contribution is 5.43. The maximum Gasteiger partial charge on any atom is 0.170 e. The number of rotatable bonds is 6. The summed E-state index contributed by atoms with van der Waals surface area (Å²) in [6.45, 7) is 12.5. The van der Waals surface area contributed by atoms with Crippen LogP contribution < -0.4 is 10.2 Å². The van der Waals surface area contributed by atoms with Crippen LogP contribution in [0.5, 0.6) is 0 Å². The Hall–Kier alpha value is -1.16. The molecule has 0 saturated carbocycles. The van der Waals surface area contributed by atoms with Crippen LogP contribution in [0.1, 0.15) is 46.6 Å². The van der Waals surface area contributed by atoms with E-state index in [1.165, 1.54) is 0 Å². The summed E-state index contributed by atoms with van der Waals surface area (Å²) in [6.07, 6.45) is 2.68. The van der Waals surface area contributed by atoms with Crippen molar-refractivity contribution in [1.29, 1.82) is 0 Å². The number of hydrogen-bond acceptors (Lipinski definition) is 3. The molecule has 0 amide bonds. The van der Waals surface area contributed by atoms with Crippen molar-refractivity contribution in [2.75, 3.05) is 18.0 Å². The van der Waals surface area contributed by atoms with Gasteiger partial charge >= 0.3 is 0 Å². The second kappa shape index (κ2) is 6.85. The zero-order chi connectivity index (χ0) is 14.5. The van der Waals surface area contributed by atoms with E-state index in [-0.39, 0.29) is 11.4 Å². The summed E-state index contributed by atoms with van der Waals surface area (Å²) in [6, 6.07) is 1.75. The molecular formula is C15H26FN3. The van der Waals surface area contributed by atoms with Crippen LogP contribution in [-0.4, -0.2) is 23.6 Å². The Kier molecular flexibility index (Phi) is 5.73. The Labute approximate surface area is 116 Å². The molecule has 1 heterocycles. The third kappa shape index (κ3) is 4.78. The average Bonchev–Trinajstić information content (AvgIpc) is 2.34. The molecule has 19 heavy (non-hydrogen) atoms. The lowest BCUT2D eigenvalue weighted by molar-refractivity contribution is 0.418. The van der Waals surface area contributed by atoms with Gasteiger partial charge in [0.2, 0.25) is 0 Å². The first-order valence-corrected chi connectivity index (χ1v) is 7.02. The molecule has 1 rings (SSSR count). The van der Waals surface area contributed by atoms with Crippen LogP contribution in [0.2, 0.25) is 0 Å². The maximum atomic E-state index is 14.5. The Morgan fingerprint density at radius 2 is 2.00 bits per heavy atom. The van der Waals surface area contributed by atoms with Crippen molar-refractivity contribution >= 4 is 5.82 Å². The number of nitrogens with one attached hydrogen (secondary N) is 1. The van der Waals surface area contributed by atoms with Gasteiger partial charge in [-0.15, -0.1) is 0 Å². The molecule has 3 nitrogen and oxygen atoms in total. The number of anilines is 1. The highest BCUT2D eigenvalue weighted by Gasteiger charge is 2.16. The fourth-order valence-corrected chi connectivity index (χ4v) is 1.87. The summed E-state index contributed by atoms with van der Waals surface area (Å²) in [7, 11) is 0. The molecule has 0 radical (unpaired) electrons. The molecule has 0 saturated heterocycles. The van der Waals surface area contributed by atoms with Crippen LogP contribution in [0.15, 0.2) is 12.3 Å². The van der Waals surface area contributed by atoms with E-state index in [9.17, 15) is 4.39 Å². The van der Waals surface area contributed by atoms with Gasteiger partial charge in [0.1, 0.15) is 0 Å². The van der Waals surface area contributed by atoms with Gasteiger partial charge in [-0.1, -0.05) is 6.92 Å². The molecule has 0 aromatic carbocycles. The molecule has 0 spiro atoms. The minimum absolute atomic E-state index is 0.0241. The van der Waals surface area contributed by atoms with Crippen molar-refractivity contribution in [3.05, 3.63) is 23.6 Å². The van der Waals surface area contributed by atoms with E-state index in [2.05, 4.69) is 38.0 Å². The lowest BCUT2D eigenvalue weighted by Gasteiger charge is -2.24. The van der Waals surface area contributed by atoms with Crippen molar-refractivity contribution in [2.24, 2.45) is 0 Å². The minimum atomic E-state index is -0.199.